The largest absolute Gasteiger partial charge is 0.338 e. The van der Waals surface area contributed by atoms with Gasteiger partial charge in [0.2, 0.25) is 5.91 Å². The zero-order valence-electron chi connectivity index (χ0n) is 14.7. The van der Waals surface area contributed by atoms with Gasteiger partial charge in [0, 0.05) is 31.3 Å². The molecule has 0 saturated carbocycles. The van der Waals surface area contributed by atoms with E-state index in [9.17, 15) is 9.18 Å². The van der Waals surface area contributed by atoms with E-state index >= 15 is 0 Å². The summed E-state index contributed by atoms with van der Waals surface area (Å²) in [5.41, 5.74) is 2.48. The molecule has 0 radical (unpaired) electrons. The van der Waals surface area contributed by atoms with Crippen molar-refractivity contribution in [1.29, 1.82) is 0 Å². The summed E-state index contributed by atoms with van der Waals surface area (Å²) in [4.78, 5) is 23.6. The monoisotopic (exact) mass is 354 g/mol. The molecular weight excluding hydrogens is 331 g/mol. The third-order valence-electron chi connectivity index (χ3n) is 5.23. The van der Waals surface area contributed by atoms with Crippen molar-refractivity contribution in [2.24, 2.45) is 0 Å². The zero-order valence-corrected chi connectivity index (χ0v) is 14.7. The number of fused-ring (bicyclic) bond motifs is 1. The lowest BCUT2D eigenvalue weighted by molar-refractivity contribution is -0.131. The van der Waals surface area contributed by atoms with E-state index in [1.54, 1.807) is 23.1 Å². The Kier molecular flexibility index (Phi) is 4.93. The van der Waals surface area contributed by atoms with E-state index in [4.69, 9.17) is 4.98 Å². The topological polar surface area (TPSA) is 58.1 Å². The Bertz CT molecular complexity index is 804. The number of hydrogen-bond donors (Lipinski definition) is 1. The van der Waals surface area contributed by atoms with E-state index in [0.717, 1.165) is 36.5 Å². The van der Waals surface area contributed by atoms with Crippen LogP contribution in [0, 0.1) is 5.82 Å². The van der Waals surface area contributed by atoms with Gasteiger partial charge in [-0.15, -0.1) is 0 Å². The minimum Gasteiger partial charge on any atom is -0.338 e. The highest BCUT2D eigenvalue weighted by atomic mass is 19.1. The van der Waals surface area contributed by atoms with Crippen LogP contribution in [0.3, 0.4) is 0 Å². The minimum absolute atomic E-state index is 0.0567. The average molecular weight is 354 g/mol. The summed E-state index contributed by atoms with van der Waals surface area (Å²) in [7, 11) is 0. The lowest BCUT2D eigenvalue weighted by Gasteiger charge is -2.29. The van der Waals surface area contributed by atoms with Crippen LogP contribution in [0.5, 0.6) is 0 Å². The Balaban J connectivity index is 1.44. The van der Waals surface area contributed by atoms with Crippen LogP contribution >= 0.6 is 0 Å². The van der Waals surface area contributed by atoms with Crippen molar-refractivity contribution >= 4 is 5.91 Å². The second-order valence-electron chi connectivity index (χ2n) is 7.04. The SMILES string of the molecule is O=C(Cc1ccccc1F)N1CCc2nc([C@@H]3CCCCN3)ncc2C1. The van der Waals surface area contributed by atoms with Gasteiger partial charge in [-0.25, -0.2) is 14.4 Å². The maximum absolute atomic E-state index is 13.8. The molecule has 26 heavy (non-hydrogen) atoms. The first kappa shape index (κ1) is 17.1. The highest BCUT2D eigenvalue weighted by Gasteiger charge is 2.25. The number of nitrogens with zero attached hydrogens (tertiary/aromatic N) is 3. The summed E-state index contributed by atoms with van der Waals surface area (Å²) < 4.78 is 13.8. The molecule has 1 aromatic heterocycles. The molecule has 3 heterocycles. The van der Waals surface area contributed by atoms with Crippen LogP contribution in [0.2, 0.25) is 0 Å². The molecule has 1 saturated heterocycles. The van der Waals surface area contributed by atoms with Crippen LogP contribution in [0.1, 0.15) is 47.9 Å². The van der Waals surface area contributed by atoms with Gasteiger partial charge in [-0.2, -0.15) is 0 Å². The van der Waals surface area contributed by atoms with Crippen molar-refractivity contribution < 1.29 is 9.18 Å². The number of halogens is 1. The predicted molar refractivity (Wildman–Crippen MR) is 95.9 cm³/mol. The number of piperidine rings is 1. The smallest absolute Gasteiger partial charge is 0.227 e. The molecule has 2 aliphatic rings. The van der Waals surface area contributed by atoms with Gasteiger partial charge in [-0.1, -0.05) is 24.6 Å². The van der Waals surface area contributed by atoms with E-state index in [1.165, 1.54) is 18.9 Å². The molecule has 0 bridgehead atoms. The number of carbonyl (C=O) groups is 1. The molecule has 4 rings (SSSR count). The van der Waals surface area contributed by atoms with Gasteiger partial charge < -0.3 is 10.2 Å². The van der Waals surface area contributed by atoms with Gasteiger partial charge in [0.1, 0.15) is 11.6 Å². The molecule has 1 amide bonds. The van der Waals surface area contributed by atoms with Crippen molar-refractivity contribution in [3.63, 3.8) is 0 Å². The van der Waals surface area contributed by atoms with Crippen molar-refractivity contribution in [3.05, 3.63) is 58.9 Å². The Morgan fingerprint density at radius 2 is 2.19 bits per heavy atom. The summed E-state index contributed by atoms with van der Waals surface area (Å²) in [6.07, 6.45) is 6.16. The van der Waals surface area contributed by atoms with Crippen molar-refractivity contribution in [2.75, 3.05) is 13.1 Å². The Morgan fingerprint density at radius 3 is 3.00 bits per heavy atom. The molecule has 0 spiro atoms. The molecule has 1 fully saturated rings. The van der Waals surface area contributed by atoms with Gasteiger partial charge in [0.25, 0.3) is 0 Å². The second kappa shape index (κ2) is 7.50. The highest BCUT2D eigenvalue weighted by Crippen LogP contribution is 2.23. The summed E-state index contributed by atoms with van der Waals surface area (Å²) >= 11 is 0. The molecule has 2 aromatic rings. The van der Waals surface area contributed by atoms with E-state index in [-0.39, 0.29) is 24.2 Å². The van der Waals surface area contributed by atoms with Crippen LogP contribution in [-0.2, 0) is 24.2 Å². The fraction of sp³-hybridized carbons (Fsp3) is 0.450. The minimum atomic E-state index is -0.328. The molecule has 0 unspecified atom stereocenters. The molecule has 1 atom stereocenters. The number of carbonyl (C=O) groups excluding carboxylic acids is 1. The summed E-state index contributed by atoms with van der Waals surface area (Å²) in [6, 6.07) is 6.69. The van der Waals surface area contributed by atoms with Crippen LogP contribution < -0.4 is 5.32 Å². The number of aromatic nitrogens is 2. The number of hydrogen-bond acceptors (Lipinski definition) is 4. The molecule has 1 aromatic carbocycles. The van der Waals surface area contributed by atoms with Crippen LogP contribution in [-0.4, -0.2) is 33.9 Å². The second-order valence-corrected chi connectivity index (χ2v) is 7.04. The number of amides is 1. The van der Waals surface area contributed by atoms with E-state index in [0.29, 0.717) is 18.7 Å². The quantitative estimate of drug-likeness (QED) is 0.920. The maximum Gasteiger partial charge on any atom is 0.227 e. The van der Waals surface area contributed by atoms with Crippen molar-refractivity contribution in [2.45, 2.75) is 44.7 Å². The number of benzene rings is 1. The van der Waals surface area contributed by atoms with Gasteiger partial charge >= 0.3 is 0 Å². The summed E-state index contributed by atoms with van der Waals surface area (Å²) in [5, 5.41) is 3.48. The lowest BCUT2D eigenvalue weighted by atomic mass is 10.0. The molecule has 0 aliphatic carbocycles. The van der Waals surface area contributed by atoms with Gasteiger partial charge in [-0.05, 0) is 31.0 Å². The summed E-state index contributed by atoms with van der Waals surface area (Å²) in [5.74, 6) is 0.486. The van der Waals surface area contributed by atoms with Crippen LogP contribution in [0.15, 0.2) is 30.5 Å². The van der Waals surface area contributed by atoms with Gasteiger partial charge in [-0.3, -0.25) is 4.79 Å². The maximum atomic E-state index is 13.8. The van der Waals surface area contributed by atoms with E-state index in [2.05, 4.69) is 10.3 Å². The third-order valence-corrected chi connectivity index (χ3v) is 5.23. The van der Waals surface area contributed by atoms with E-state index < -0.39 is 0 Å². The molecular formula is C20H23FN4O. The van der Waals surface area contributed by atoms with Gasteiger partial charge in [0.05, 0.1) is 18.2 Å². The standard InChI is InChI=1S/C20H23FN4O/c21-16-6-2-1-5-14(16)11-19(26)25-10-8-17-15(13-25)12-23-20(24-17)18-7-3-4-9-22-18/h1-2,5-6,12,18,22H,3-4,7-11,13H2/t18-/m0/s1. The number of rotatable bonds is 3. The van der Waals surface area contributed by atoms with Crippen molar-refractivity contribution in [1.82, 2.24) is 20.2 Å². The molecule has 136 valence electrons. The summed E-state index contributed by atoms with van der Waals surface area (Å²) in [6.45, 7) is 2.14. The fourth-order valence-electron chi connectivity index (χ4n) is 3.70. The molecule has 2 aliphatic heterocycles. The van der Waals surface area contributed by atoms with E-state index in [1.807, 2.05) is 6.20 Å². The third kappa shape index (κ3) is 3.60. The fourth-order valence-corrected chi connectivity index (χ4v) is 3.70. The molecule has 1 N–H and O–H groups in total. The first-order chi connectivity index (χ1) is 12.7. The lowest BCUT2D eigenvalue weighted by Crippen LogP contribution is -2.38. The number of nitrogens with one attached hydrogen (secondary N) is 1. The van der Waals surface area contributed by atoms with Crippen LogP contribution in [0.4, 0.5) is 4.39 Å². The first-order valence-electron chi connectivity index (χ1n) is 9.30. The Hall–Kier alpha value is -2.34. The van der Waals surface area contributed by atoms with Crippen molar-refractivity contribution in [3.8, 4) is 0 Å². The first-order valence-corrected chi connectivity index (χ1v) is 9.30. The average Bonchev–Trinajstić information content (AvgIpc) is 2.69. The normalized spacial score (nSPS) is 19.9. The predicted octanol–water partition coefficient (Wildman–Crippen LogP) is 2.56. The Labute approximate surface area is 152 Å². The Morgan fingerprint density at radius 1 is 1.31 bits per heavy atom. The highest BCUT2D eigenvalue weighted by molar-refractivity contribution is 5.79. The van der Waals surface area contributed by atoms with Crippen LogP contribution in [0.25, 0.3) is 0 Å². The van der Waals surface area contributed by atoms with Gasteiger partial charge in [0.15, 0.2) is 0 Å². The molecule has 5 nitrogen and oxygen atoms in total. The zero-order chi connectivity index (χ0) is 17.9. The molecule has 6 heteroatoms.